The average Bonchev–Trinajstić information content (AvgIpc) is 2.65. The predicted molar refractivity (Wildman–Crippen MR) is 68.6 cm³/mol. The summed E-state index contributed by atoms with van der Waals surface area (Å²) in [6.07, 6.45) is 2.31. The normalized spacial score (nSPS) is 15.7. The highest BCUT2D eigenvalue weighted by Gasteiger charge is 2.26. The second-order valence-corrected chi connectivity index (χ2v) is 4.74. The maximum absolute atomic E-state index is 11.1. The van der Waals surface area contributed by atoms with E-state index in [9.17, 15) is 10.1 Å². The minimum Gasteiger partial charge on any atom is -0.316 e. The molecule has 0 amide bonds. The molecule has 1 saturated heterocycles. The highest BCUT2D eigenvalue weighted by Crippen LogP contribution is 2.25. The van der Waals surface area contributed by atoms with Crippen molar-refractivity contribution >= 4 is 5.69 Å². The van der Waals surface area contributed by atoms with Crippen LogP contribution >= 0.6 is 0 Å². The number of nitrogens with one attached hydrogen (secondary N) is 1. The standard InChI is InChI=1S/C12H20N4O2/c1-3-10-12(16(17)18)11(4-2)15(14-10)6-5-9-7-13-8-9/h9,13H,3-8H2,1-2H3. The smallest absolute Gasteiger partial charge is 0.313 e. The molecule has 0 saturated carbocycles. The minimum absolute atomic E-state index is 0.228. The van der Waals surface area contributed by atoms with Gasteiger partial charge in [0, 0.05) is 6.54 Å². The molecular weight excluding hydrogens is 232 g/mol. The summed E-state index contributed by atoms with van der Waals surface area (Å²) in [5.41, 5.74) is 1.61. The van der Waals surface area contributed by atoms with Crippen LogP contribution in [0, 0.1) is 16.0 Å². The molecule has 2 rings (SSSR count). The lowest BCUT2D eigenvalue weighted by Gasteiger charge is -2.26. The van der Waals surface area contributed by atoms with Crippen molar-refractivity contribution in [2.75, 3.05) is 13.1 Å². The van der Waals surface area contributed by atoms with E-state index in [0.29, 0.717) is 24.5 Å². The Labute approximate surface area is 107 Å². The Kier molecular flexibility index (Phi) is 3.96. The average molecular weight is 252 g/mol. The molecular formula is C12H20N4O2. The summed E-state index contributed by atoms with van der Waals surface area (Å²) in [5.74, 6) is 0.697. The fraction of sp³-hybridized carbons (Fsp3) is 0.750. The van der Waals surface area contributed by atoms with Crippen molar-refractivity contribution in [3.63, 3.8) is 0 Å². The van der Waals surface area contributed by atoms with Crippen molar-refractivity contribution in [2.24, 2.45) is 5.92 Å². The van der Waals surface area contributed by atoms with Crippen LogP contribution < -0.4 is 5.32 Å². The van der Waals surface area contributed by atoms with Gasteiger partial charge in [0.05, 0.1) is 4.92 Å². The first kappa shape index (κ1) is 13.0. The molecule has 0 bridgehead atoms. The van der Waals surface area contributed by atoms with Crippen LogP contribution in [0.25, 0.3) is 0 Å². The molecule has 0 unspecified atom stereocenters. The summed E-state index contributed by atoms with van der Waals surface area (Å²) in [4.78, 5) is 10.8. The van der Waals surface area contributed by atoms with Gasteiger partial charge in [0.15, 0.2) is 0 Å². The Bertz CT molecular complexity index is 438. The number of nitrogens with zero attached hydrogens (tertiary/aromatic N) is 3. The van der Waals surface area contributed by atoms with E-state index < -0.39 is 0 Å². The van der Waals surface area contributed by atoms with Crippen LogP contribution in [-0.4, -0.2) is 27.8 Å². The van der Waals surface area contributed by atoms with Gasteiger partial charge in [0.25, 0.3) is 0 Å². The zero-order valence-corrected chi connectivity index (χ0v) is 11.0. The maximum Gasteiger partial charge on any atom is 0.313 e. The van der Waals surface area contributed by atoms with Crippen LogP contribution in [0.2, 0.25) is 0 Å². The molecule has 1 aromatic rings. The van der Waals surface area contributed by atoms with E-state index in [1.165, 1.54) is 0 Å². The zero-order chi connectivity index (χ0) is 13.1. The minimum atomic E-state index is -0.286. The van der Waals surface area contributed by atoms with Gasteiger partial charge in [-0.1, -0.05) is 13.8 Å². The van der Waals surface area contributed by atoms with Crippen molar-refractivity contribution in [1.82, 2.24) is 15.1 Å². The largest absolute Gasteiger partial charge is 0.316 e. The lowest BCUT2D eigenvalue weighted by Crippen LogP contribution is -2.42. The van der Waals surface area contributed by atoms with E-state index in [4.69, 9.17) is 0 Å². The van der Waals surface area contributed by atoms with Crippen molar-refractivity contribution in [1.29, 1.82) is 0 Å². The van der Waals surface area contributed by atoms with Crippen LogP contribution in [0.3, 0.4) is 0 Å². The second-order valence-electron chi connectivity index (χ2n) is 4.74. The Morgan fingerprint density at radius 3 is 2.61 bits per heavy atom. The number of hydrogen-bond donors (Lipinski definition) is 1. The maximum atomic E-state index is 11.1. The number of nitro groups is 1. The first-order valence-corrected chi connectivity index (χ1v) is 6.61. The van der Waals surface area contributed by atoms with E-state index in [0.717, 1.165) is 31.7 Å². The number of rotatable bonds is 6. The highest BCUT2D eigenvalue weighted by atomic mass is 16.6. The van der Waals surface area contributed by atoms with E-state index in [1.54, 1.807) is 0 Å². The zero-order valence-electron chi connectivity index (χ0n) is 11.0. The summed E-state index contributed by atoms with van der Waals surface area (Å²) < 4.78 is 1.84. The van der Waals surface area contributed by atoms with E-state index in [-0.39, 0.29) is 10.6 Å². The van der Waals surface area contributed by atoms with Crippen molar-refractivity contribution in [3.8, 4) is 0 Å². The van der Waals surface area contributed by atoms with Crippen LogP contribution in [0.1, 0.15) is 31.7 Å². The third-order valence-electron chi connectivity index (χ3n) is 3.57. The molecule has 0 aromatic carbocycles. The molecule has 0 aliphatic carbocycles. The lowest BCUT2D eigenvalue weighted by molar-refractivity contribution is -0.386. The lowest BCUT2D eigenvalue weighted by atomic mass is 10.00. The van der Waals surface area contributed by atoms with Gasteiger partial charge in [0.1, 0.15) is 11.4 Å². The Balaban J connectivity index is 2.19. The van der Waals surface area contributed by atoms with Gasteiger partial charge in [-0.25, -0.2) is 0 Å². The van der Waals surface area contributed by atoms with Crippen molar-refractivity contribution in [2.45, 2.75) is 39.7 Å². The Morgan fingerprint density at radius 1 is 1.44 bits per heavy atom. The molecule has 1 aromatic heterocycles. The molecule has 1 fully saturated rings. The van der Waals surface area contributed by atoms with Gasteiger partial charge < -0.3 is 5.32 Å². The van der Waals surface area contributed by atoms with Crippen molar-refractivity contribution < 1.29 is 4.92 Å². The second kappa shape index (κ2) is 5.48. The van der Waals surface area contributed by atoms with E-state index in [2.05, 4.69) is 10.4 Å². The van der Waals surface area contributed by atoms with Crippen LogP contribution in [0.4, 0.5) is 5.69 Å². The summed E-state index contributed by atoms with van der Waals surface area (Å²) in [5, 5.41) is 18.8. The SMILES string of the molecule is CCc1nn(CCC2CNC2)c(CC)c1[N+](=O)[O-]. The molecule has 1 aliphatic heterocycles. The van der Waals surface area contributed by atoms with Crippen LogP contribution in [0.5, 0.6) is 0 Å². The molecule has 6 heteroatoms. The quantitative estimate of drug-likeness (QED) is 0.615. The van der Waals surface area contributed by atoms with E-state index in [1.807, 2.05) is 18.5 Å². The first-order valence-electron chi connectivity index (χ1n) is 6.61. The Morgan fingerprint density at radius 2 is 2.17 bits per heavy atom. The monoisotopic (exact) mass is 252 g/mol. The molecule has 1 N–H and O–H groups in total. The first-order chi connectivity index (χ1) is 8.67. The molecule has 0 spiro atoms. The molecule has 0 radical (unpaired) electrons. The third kappa shape index (κ3) is 2.38. The number of hydrogen-bond acceptors (Lipinski definition) is 4. The topological polar surface area (TPSA) is 73.0 Å². The van der Waals surface area contributed by atoms with Crippen molar-refractivity contribution in [3.05, 3.63) is 21.5 Å². The van der Waals surface area contributed by atoms with Gasteiger partial charge in [-0.15, -0.1) is 0 Å². The van der Waals surface area contributed by atoms with Crippen LogP contribution in [-0.2, 0) is 19.4 Å². The predicted octanol–water partition coefficient (Wildman–Crippen LogP) is 1.53. The number of aromatic nitrogens is 2. The molecule has 1 aliphatic rings. The van der Waals surface area contributed by atoms with Gasteiger partial charge >= 0.3 is 5.69 Å². The summed E-state index contributed by atoms with van der Waals surface area (Å²) in [7, 11) is 0. The Hall–Kier alpha value is -1.43. The van der Waals surface area contributed by atoms with Gasteiger partial charge in [-0.3, -0.25) is 14.8 Å². The molecule has 18 heavy (non-hydrogen) atoms. The molecule has 2 heterocycles. The fourth-order valence-corrected chi connectivity index (χ4v) is 2.38. The van der Waals surface area contributed by atoms with Gasteiger partial charge in [0.2, 0.25) is 0 Å². The molecule has 100 valence electrons. The third-order valence-corrected chi connectivity index (χ3v) is 3.57. The van der Waals surface area contributed by atoms with Gasteiger partial charge in [-0.2, -0.15) is 5.10 Å². The summed E-state index contributed by atoms with van der Waals surface area (Å²) in [6.45, 7) is 6.77. The highest BCUT2D eigenvalue weighted by molar-refractivity contribution is 5.41. The van der Waals surface area contributed by atoms with Gasteiger partial charge in [-0.05, 0) is 38.3 Å². The summed E-state index contributed by atoms with van der Waals surface area (Å²) in [6, 6.07) is 0. The summed E-state index contributed by atoms with van der Waals surface area (Å²) >= 11 is 0. The van der Waals surface area contributed by atoms with Crippen LogP contribution in [0.15, 0.2) is 0 Å². The fourth-order valence-electron chi connectivity index (χ4n) is 2.38. The molecule has 0 atom stereocenters. The molecule has 6 nitrogen and oxygen atoms in total. The number of aryl methyl sites for hydroxylation is 2. The van der Waals surface area contributed by atoms with E-state index >= 15 is 0 Å².